The van der Waals surface area contributed by atoms with Crippen molar-refractivity contribution in [1.82, 2.24) is 14.7 Å². The minimum atomic E-state index is -0.314. The standard InChI is InChI=1S/C20H23FN4O.ClH/c21-15-5-1-2-6-18(15)25-17-7-3-4-13(17)19(23-25)20(26)24-10-12-8-9-16(22)14(12)11-24;/h1-2,5-6,12,14,16H,3-4,7-11,22H2;1H. The first-order chi connectivity index (χ1) is 12.6. The molecule has 2 aliphatic carbocycles. The van der Waals surface area contributed by atoms with Gasteiger partial charge in [0, 0.05) is 30.4 Å². The lowest BCUT2D eigenvalue weighted by Crippen LogP contribution is -2.34. The number of nitrogens with zero attached hydrogens (tertiary/aromatic N) is 3. The zero-order valence-electron chi connectivity index (χ0n) is 15.1. The van der Waals surface area contributed by atoms with Crippen molar-refractivity contribution in [3.8, 4) is 5.69 Å². The molecule has 144 valence electrons. The molecule has 1 saturated heterocycles. The molecule has 7 heteroatoms. The lowest BCUT2D eigenvalue weighted by Gasteiger charge is -2.18. The lowest BCUT2D eigenvalue weighted by molar-refractivity contribution is 0.0772. The number of fused-ring (bicyclic) bond motifs is 2. The van der Waals surface area contributed by atoms with Crippen molar-refractivity contribution in [2.75, 3.05) is 13.1 Å². The summed E-state index contributed by atoms with van der Waals surface area (Å²) >= 11 is 0. The Morgan fingerprint density at radius 2 is 2.00 bits per heavy atom. The van der Waals surface area contributed by atoms with E-state index in [0.717, 1.165) is 56.5 Å². The highest BCUT2D eigenvalue weighted by atomic mass is 35.5. The normalized spacial score (nSPS) is 26.0. The first-order valence-corrected chi connectivity index (χ1v) is 9.54. The zero-order chi connectivity index (χ0) is 17.8. The fourth-order valence-electron chi connectivity index (χ4n) is 5.06. The van der Waals surface area contributed by atoms with Crippen LogP contribution in [0.3, 0.4) is 0 Å². The third-order valence-corrected chi connectivity index (χ3v) is 6.41. The molecule has 2 fully saturated rings. The molecule has 27 heavy (non-hydrogen) atoms. The van der Waals surface area contributed by atoms with E-state index in [4.69, 9.17) is 5.73 Å². The molecule has 5 rings (SSSR count). The van der Waals surface area contributed by atoms with E-state index < -0.39 is 0 Å². The van der Waals surface area contributed by atoms with Crippen LogP contribution in [0.4, 0.5) is 4.39 Å². The van der Waals surface area contributed by atoms with Gasteiger partial charge in [0.15, 0.2) is 5.69 Å². The average Bonchev–Trinajstić information content (AvgIpc) is 3.37. The largest absolute Gasteiger partial charge is 0.337 e. The molecule has 1 aromatic carbocycles. The lowest BCUT2D eigenvalue weighted by atomic mass is 9.98. The summed E-state index contributed by atoms with van der Waals surface area (Å²) in [5.41, 5.74) is 9.12. The fraction of sp³-hybridized carbons (Fsp3) is 0.500. The Morgan fingerprint density at radius 1 is 1.19 bits per heavy atom. The molecule has 0 bridgehead atoms. The average molecular weight is 391 g/mol. The van der Waals surface area contributed by atoms with E-state index in [0.29, 0.717) is 23.2 Å². The number of carbonyl (C=O) groups excluding carboxylic acids is 1. The van der Waals surface area contributed by atoms with Crippen molar-refractivity contribution in [3.05, 3.63) is 47.0 Å². The van der Waals surface area contributed by atoms with Crippen LogP contribution >= 0.6 is 12.4 Å². The van der Waals surface area contributed by atoms with Crippen LogP contribution in [0.25, 0.3) is 5.69 Å². The van der Waals surface area contributed by atoms with Gasteiger partial charge in [0.05, 0.1) is 0 Å². The molecular formula is C20H24ClFN4O. The third kappa shape index (κ3) is 2.86. The van der Waals surface area contributed by atoms with E-state index in [-0.39, 0.29) is 30.2 Å². The zero-order valence-corrected chi connectivity index (χ0v) is 15.9. The molecule has 2 N–H and O–H groups in total. The molecule has 2 aromatic rings. The summed E-state index contributed by atoms with van der Waals surface area (Å²) in [6.07, 6.45) is 4.83. The minimum Gasteiger partial charge on any atom is -0.337 e. The maximum atomic E-state index is 14.3. The quantitative estimate of drug-likeness (QED) is 0.857. The van der Waals surface area contributed by atoms with Gasteiger partial charge in [-0.1, -0.05) is 12.1 Å². The van der Waals surface area contributed by atoms with Gasteiger partial charge in [-0.05, 0) is 56.1 Å². The van der Waals surface area contributed by atoms with Crippen molar-refractivity contribution < 1.29 is 9.18 Å². The van der Waals surface area contributed by atoms with Crippen LogP contribution in [0.2, 0.25) is 0 Å². The van der Waals surface area contributed by atoms with Gasteiger partial charge < -0.3 is 10.6 Å². The van der Waals surface area contributed by atoms with Crippen molar-refractivity contribution in [2.45, 2.75) is 38.1 Å². The predicted molar refractivity (Wildman–Crippen MR) is 103 cm³/mol. The number of para-hydroxylation sites is 1. The Hall–Kier alpha value is -1.92. The molecule has 1 aliphatic heterocycles. The van der Waals surface area contributed by atoms with Crippen LogP contribution in [0.1, 0.15) is 41.0 Å². The van der Waals surface area contributed by atoms with Gasteiger partial charge in [-0.15, -0.1) is 12.4 Å². The third-order valence-electron chi connectivity index (χ3n) is 6.41. The molecule has 0 radical (unpaired) electrons. The molecule has 0 spiro atoms. The Bertz CT molecular complexity index is 883. The van der Waals surface area contributed by atoms with Crippen LogP contribution < -0.4 is 5.73 Å². The van der Waals surface area contributed by atoms with Gasteiger partial charge in [0.25, 0.3) is 5.91 Å². The van der Waals surface area contributed by atoms with Gasteiger partial charge in [0.2, 0.25) is 0 Å². The Balaban J connectivity index is 0.00000180. The highest BCUT2D eigenvalue weighted by Gasteiger charge is 2.43. The number of nitrogens with two attached hydrogens (primary N) is 1. The number of benzene rings is 1. The molecule has 3 aliphatic rings. The monoisotopic (exact) mass is 390 g/mol. The van der Waals surface area contributed by atoms with E-state index in [1.807, 2.05) is 4.90 Å². The number of hydrogen-bond donors (Lipinski definition) is 1. The second kappa shape index (κ2) is 6.91. The summed E-state index contributed by atoms with van der Waals surface area (Å²) in [6, 6.07) is 6.82. The number of rotatable bonds is 2. The Morgan fingerprint density at radius 3 is 2.78 bits per heavy atom. The SMILES string of the molecule is Cl.NC1CCC2CN(C(=O)c3nn(-c4ccccc4F)c4c3CCC4)CC12. The van der Waals surface area contributed by atoms with Crippen LogP contribution in [-0.2, 0) is 12.8 Å². The summed E-state index contributed by atoms with van der Waals surface area (Å²) in [6.45, 7) is 1.50. The Labute approximate surface area is 164 Å². The van der Waals surface area contributed by atoms with Crippen LogP contribution in [0.15, 0.2) is 24.3 Å². The van der Waals surface area contributed by atoms with Gasteiger partial charge >= 0.3 is 0 Å². The summed E-state index contributed by atoms with van der Waals surface area (Å²) in [7, 11) is 0. The number of likely N-dealkylation sites (tertiary alicyclic amines) is 1. The van der Waals surface area contributed by atoms with Crippen molar-refractivity contribution in [1.29, 1.82) is 0 Å². The Kier molecular flexibility index (Phi) is 4.72. The molecule has 1 amide bonds. The van der Waals surface area contributed by atoms with Crippen LogP contribution in [0, 0.1) is 17.7 Å². The smallest absolute Gasteiger partial charge is 0.274 e. The second-order valence-corrected chi connectivity index (χ2v) is 7.87. The van der Waals surface area contributed by atoms with Crippen molar-refractivity contribution in [2.24, 2.45) is 17.6 Å². The summed E-state index contributed by atoms with van der Waals surface area (Å²) in [4.78, 5) is 15.1. The molecule has 3 atom stereocenters. The highest BCUT2D eigenvalue weighted by Crippen LogP contribution is 2.38. The molecular weight excluding hydrogens is 367 g/mol. The van der Waals surface area contributed by atoms with E-state index in [1.54, 1.807) is 22.9 Å². The maximum absolute atomic E-state index is 14.3. The van der Waals surface area contributed by atoms with E-state index in [9.17, 15) is 9.18 Å². The van der Waals surface area contributed by atoms with Gasteiger partial charge in [-0.25, -0.2) is 9.07 Å². The molecule has 1 aromatic heterocycles. The predicted octanol–water partition coefficient (Wildman–Crippen LogP) is 2.73. The number of halogens is 2. The van der Waals surface area contributed by atoms with E-state index >= 15 is 0 Å². The second-order valence-electron chi connectivity index (χ2n) is 7.87. The number of carbonyl (C=O) groups is 1. The first kappa shape index (κ1) is 18.4. The van der Waals surface area contributed by atoms with Crippen molar-refractivity contribution in [3.63, 3.8) is 0 Å². The number of aromatic nitrogens is 2. The number of hydrogen-bond acceptors (Lipinski definition) is 3. The van der Waals surface area contributed by atoms with Crippen molar-refractivity contribution >= 4 is 18.3 Å². The molecule has 3 unspecified atom stereocenters. The first-order valence-electron chi connectivity index (χ1n) is 9.54. The fourth-order valence-corrected chi connectivity index (χ4v) is 5.06. The summed E-state index contributed by atoms with van der Waals surface area (Å²) in [5, 5.41) is 4.57. The molecule has 5 nitrogen and oxygen atoms in total. The summed E-state index contributed by atoms with van der Waals surface area (Å²) < 4.78 is 15.9. The molecule has 1 saturated carbocycles. The van der Waals surface area contributed by atoms with Crippen LogP contribution in [0.5, 0.6) is 0 Å². The van der Waals surface area contributed by atoms with E-state index in [1.165, 1.54) is 6.07 Å². The van der Waals surface area contributed by atoms with Crippen LogP contribution in [-0.4, -0.2) is 39.7 Å². The molecule has 2 heterocycles. The topological polar surface area (TPSA) is 64.2 Å². The van der Waals surface area contributed by atoms with Gasteiger partial charge in [0.1, 0.15) is 11.5 Å². The maximum Gasteiger partial charge on any atom is 0.274 e. The van der Waals surface area contributed by atoms with Gasteiger partial charge in [-0.2, -0.15) is 5.10 Å². The minimum absolute atomic E-state index is 0. The summed E-state index contributed by atoms with van der Waals surface area (Å²) in [5.74, 6) is 0.613. The number of amides is 1. The van der Waals surface area contributed by atoms with Gasteiger partial charge in [-0.3, -0.25) is 4.79 Å². The highest BCUT2D eigenvalue weighted by molar-refractivity contribution is 5.94. The van der Waals surface area contributed by atoms with E-state index in [2.05, 4.69) is 5.10 Å².